The molecule has 2 aromatic heterocycles. The topological polar surface area (TPSA) is 102 Å². The number of nitrogens with zero attached hydrogens (tertiary/aromatic N) is 3. The first-order chi connectivity index (χ1) is 14.5. The third kappa shape index (κ3) is 5.66. The van der Waals surface area contributed by atoms with Gasteiger partial charge in [0.25, 0.3) is 5.91 Å². The predicted octanol–water partition coefficient (Wildman–Crippen LogP) is 1.87. The van der Waals surface area contributed by atoms with Gasteiger partial charge in [0.15, 0.2) is 0 Å². The van der Waals surface area contributed by atoms with Gasteiger partial charge in [-0.05, 0) is 30.7 Å². The van der Waals surface area contributed by atoms with Gasteiger partial charge in [-0.25, -0.2) is 4.79 Å². The zero-order chi connectivity index (χ0) is 21.5. The van der Waals surface area contributed by atoms with Crippen LogP contribution < -0.4 is 0 Å². The highest BCUT2D eigenvalue weighted by atomic mass is 16.5. The fourth-order valence-electron chi connectivity index (χ4n) is 3.23. The first-order valence-corrected chi connectivity index (χ1v) is 9.73. The summed E-state index contributed by atoms with van der Waals surface area (Å²) in [5, 5.41) is 0. The summed E-state index contributed by atoms with van der Waals surface area (Å²) < 4.78 is 15.3. The summed E-state index contributed by atoms with van der Waals surface area (Å²) >= 11 is 0. The highest BCUT2D eigenvalue weighted by Gasteiger charge is 2.22. The van der Waals surface area contributed by atoms with E-state index < -0.39 is 5.97 Å². The van der Waals surface area contributed by atoms with Gasteiger partial charge in [0.2, 0.25) is 0 Å². The highest BCUT2D eigenvalue weighted by Crippen LogP contribution is 2.15. The molecule has 1 aliphatic heterocycles. The summed E-state index contributed by atoms with van der Waals surface area (Å²) in [4.78, 5) is 43.3. The minimum atomic E-state index is -0.485. The fraction of sp³-hybridized carbons (Fsp3) is 0.429. The lowest BCUT2D eigenvalue weighted by molar-refractivity contribution is -0.142. The number of furan rings is 1. The molecule has 0 unspecified atom stereocenters. The van der Waals surface area contributed by atoms with Crippen molar-refractivity contribution >= 4 is 17.8 Å². The molecule has 1 fully saturated rings. The average molecular weight is 415 g/mol. The van der Waals surface area contributed by atoms with Crippen molar-refractivity contribution in [2.45, 2.75) is 26.5 Å². The Kier molecular flexibility index (Phi) is 7.18. The summed E-state index contributed by atoms with van der Waals surface area (Å²) in [5.41, 5.74) is 0.611. The van der Waals surface area contributed by atoms with Gasteiger partial charge in [0.1, 0.15) is 23.8 Å². The number of esters is 2. The SMILES string of the molecule is COC(=O)c1ccc(C(=O)N2CCCN(Cc3ccc(COC(C)=O)o3)CC2)nc1. The first kappa shape index (κ1) is 21.5. The van der Waals surface area contributed by atoms with Gasteiger partial charge in [0, 0.05) is 39.3 Å². The van der Waals surface area contributed by atoms with Crippen molar-refractivity contribution in [2.75, 3.05) is 33.3 Å². The fourth-order valence-corrected chi connectivity index (χ4v) is 3.23. The zero-order valence-corrected chi connectivity index (χ0v) is 17.1. The summed E-state index contributed by atoms with van der Waals surface area (Å²) in [7, 11) is 1.30. The third-order valence-electron chi connectivity index (χ3n) is 4.79. The molecule has 160 valence electrons. The van der Waals surface area contributed by atoms with Crippen molar-refractivity contribution in [2.24, 2.45) is 0 Å². The summed E-state index contributed by atoms with van der Waals surface area (Å²) in [6, 6.07) is 6.76. The van der Waals surface area contributed by atoms with Crippen LogP contribution in [0.3, 0.4) is 0 Å². The molecule has 0 atom stereocenters. The van der Waals surface area contributed by atoms with Gasteiger partial charge in [-0.2, -0.15) is 0 Å². The van der Waals surface area contributed by atoms with E-state index in [0.717, 1.165) is 18.7 Å². The van der Waals surface area contributed by atoms with Crippen LogP contribution in [0.15, 0.2) is 34.9 Å². The van der Waals surface area contributed by atoms with Crippen molar-refractivity contribution in [3.05, 3.63) is 53.2 Å². The molecule has 3 rings (SSSR count). The zero-order valence-electron chi connectivity index (χ0n) is 17.1. The van der Waals surface area contributed by atoms with Gasteiger partial charge in [-0.1, -0.05) is 0 Å². The largest absolute Gasteiger partial charge is 0.465 e. The van der Waals surface area contributed by atoms with E-state index in [1.165, 1.54) is 20.2 Å². The maximum atomic E-state index is 12.8. The van der Waals surface area contributed by atoms with Crippen molar-refractivity contribution in [1.29, 1.82) is 0 Å². The second-order valence-electron chi connectivity index (χ2n) is 6.99. The van der Waals surface area contributed by atoms with Crippen LogP contribution in [0.4, 0.5) is 0 Å². The standard InChI is InChI=1S/C21H25N3O6/c1-15(25)29-14-18-6-5-17(30-18)13-23-8-3-9-24(11-10-23)20(26)19-7-4-16(12-22-19)21(27)28-2/h4-7,12H,3,8-11,13-14H2,1-2H3. The first-order valence-electron chi connectivity index (χ1n) is 9.73. The van der Waals surface area contributed by atoms with Crippen molar-refractivity contribution in [1.82, 2.24) is 14.8 Å². The summed E-state index contributed by atoms with van der Waals surface area (Å²) in [5.74, 6) is 0.403. The molecule has 9 heteroatoms. The number of hydrogen-bond donors (Lipinski definition) is 0. The molecule has 0 radical (unpaired) electrons. The Morgan fingerprint density at radius 3 is 2.57 bits per heavy atom. The number of carbonyl (C=O) groups excluding carboxylic acids is 3. The van der Waals surface area contributed by atoms with Gasteiger partial charge in [0.05, 0.1) is 19.2 Å². The predicted molar refractivity (Wildman–Crippen MR) is 106 cm³/mol. The molecule has 0 aliphatic carbocycles. The Morgan fingerprint density at radius 1 is 1.07 bits per heavy atom. The van der Waals surface area contributed by atoms with E-state index in [1.807, 2.05) is 6.07 Å². The number of aromatic nitrogens is 1. The Balaban J connectivity index is 1.53. The molecule has 9 nitrogen and oxygen atoms in total. The van der Waals surface area contributed by atoms with Crippen LogP contribution in [0.5, 0.6) is 0 Å². The van der Waals surface area contributed by atoms with E-state index in [4.69, 9.17) is 9.15 Å². The molecule has 2 aromatic rings. The van der Waals surface area contributed by atoms with Crippen molar-refractivity contribution in [3.8, 4) is 0 Å². The van der Waals surface area contributed by atoms with Crippen LogP contribution in [0.2, 0.25) is 0 Å². The number of pyridine rings is 1. The smallest absolute Gasteiger partial charge is 0.339 e. The van der Waals surface area contributed by atoms with Crippen LogP contribution in [0, 0.1) is 0 Å². The minimum absolute atomic E-state index is 0.124. The van der Waals surface area contributed by atoms with Crippen LogP contribution >= 0.6 is 0 Å². The van der Waals surface area contributed by atoms with Crippen LogP contribution in [0.25, 0.3) is 0 Å². The molecule has 0 saturated carbocycles. The molecule has 0 N–H and O–H groups in total. The number of ether oxygens (including phenoxy) is 2. The molecular formula is C21H25N3O6. The monoisotopic (exact) mass is 415 g/mol. The number of carbonyl (C=O) groups is 3. The van der Waals surface area contributed by atoms with Crippen molar-refractivity contribution < 1.29 is 28.3 Å². The minimum Gasteiger partial charge on any atom is -0.465 e. The lowest BCUT2D eigenvalue weighted by Gasteiger charge is -2.21. The van der Waals surface area contributed by atoms with E-state index in [9.17, 15) is 14.4 Å². The molecule has 1 amide bonds. The van der Waals surface area contributed by atoms with Crippen LogP contribution in [-0.4, -0.2) is 65.9 Å². The molecule has 0 spiro atoms. The highest BCUT2D eigenvalue weighted by molar-refractivity contribution is 5.94. The van der Waals surface area contributed by atoms with Gasteiger partial charge in [-0.3, -0.25) is 19.5 Å². The number of amides is 1. The second kappa shape index (κ2) is 10.0. The third-order valence-corrected chi connectivity index (χ3v) is 4.79. The quantitative estimate of drug-likeness (QED) is 0.659. The van der Waals surface area contributed by atoms with Gasteiger partial charge in [-0.15, -0.1) is 0 Å². The number of hydrogen-bond acceptors (Lipinski definition) is 8. The van der Waals surface area contributed by atoms with Gasteiger partial charge < -0.3 is 18.8 Å². The van der Waals surface area contributed by atoms with Gasteiger partial charge >= 0.3 is 11.9 Å². The lowest BCUT2D eigenvalue weighted by atomic mass is 10.2. The van der Waals surface area contributed by atoms with Crippen LogP contribution in [-0.2, 0) is 27.4 Å². The Hall–Kier alpha value is -3.20. The average Bonchev–Trinajstić information content (AvgIpc) is 3.07. The molecular weight excluding hydrogens is 390 g/mol. The molecule has 0 bridgehead atoms. The Morgan fingerprint density at radius 2 is 1.87 bits per heavy atom. The number of rotatable bonds is 6. The Bertz CT molecular complexity index is 892. The lowest BCUT2D eigenvalue weighted by Crippen LogP contribution is -2.35. The maximum absolute atomic E-state index is 12.8. The molecule has 0 aromatic carbocycles. The Labute approximate surface area is 174 Å². The van der Waals surface area contributed by atoms with E-state index in [2.05, 4.69) is 14.6 Å². The van der Waals surface area contributed by atoms with Crippen LogP contribution in [0.1, 0.15) is 45.7 Å². The molecule has 1 saturated heterocycles. The second-order valence-corrected chi connectivity index (χ2v) is 6.99. The van der Waals surface area contributed by atoms with E-state index in [-0.39, 0.29) is 18.5 Å². The van der Waals surface area contributed by atoms with Crippen molar-refractivity contribution in [3.63, 3.8) is 0 Å². The summed E-state index contributed by atoms with van der Waals surface area (Å²) in [6.45, 7) is 4.83. The molecule has 1 aliphatic rings. The maximum Gasteiger partial charge on any atom is 0.339 e. The van der Waals surface area contributed by atoms with E-state index in [1.54, 1.807) is 23.1 Å². The number of methoxy groups -OCH3 is 1. The molecule has 3 heterocycles. The summed E-state index contributed by atoms with van der Waals surface area (Å²) in [6.07, 6.45) is 2.18. The van der Waals surface area contributed by atoms with E-state index >= 15 is 0 Å². The molecule has 30 heavy (non-hydrogen) atoms. The normalized spacial score (nSPS) is 14.8. The van der Waals surface area contributed by atoms with E-state index in [0.29, 0.717) is 43.2 Å².